The number of hydrogen-bond acceptors (Lipinski definition) is 9. The number of thiophene rings is 1. The number of rotatable bonds is 7. The van der Waals surface area contributed by atoms with Crippen molar-refractivity contribution >= 4 is 71.4 Å². The molecule has 1 aromatic carbocycles. The van der Waals surface area contributed by atoms with Crippen LogP contribution in [0.1, 0.15) is 29.2 Å². The lowest BCUT2D eigenvalue weighted by molar-refractivity contribution is -0.116. The van der Waals surface area contributed by atoms with Crippen LogP contribution in [0.2, 0.25) is 0 Å². The van der Waals surface area contributed by atoms with E-state index >= 15 is 0 Å². The predicted octanol–water partition coefficient (Wildman–Crippen LogP) is 5.29. The van der Waals surface area contributed by atoms with Gasteiger partial charge in [0.2, 0.25) is 5.91 Å². The normalized spacial score (nSPS) is 10.9. The Hall–Kier alpha value is -2.82. The molecule has 154 valence electrons. The smallest absolute Gasteiger partial charge is 0.348 e. The molecule has 0 bridgehead atoms. The molecule has 3 heterocycles. The molecule has 0 saturated carbocycles. The van der Waals surface area contributed by atoms with Crippen molar-refractivity contribution in [2.45, 2.75) is 20.5 Å². The molecule has 30 heavy (non-hydrogen) atoms. The zero-order chi connectivity index (χ0) is 21.1. The minimum Gasteiger partial charge on any atom is -0.455 e. The molecule has 0 radical (unpaired) electrons. The van der Waals surface area contributed by atoms with Crippen molar-refractivity contribution in [3.63, 3.8) is 0 Å². The summed E-state index contributed by atoms with van der Waals surface area (Å²) < 4.78 is 6.33. The molecule has 1 N–H and O–H groups in total. The third kappa shape index (κ3) is 4.50. The van der Waals surface area contributed by atoms with Crippen LogP contribution in [-0.4, -0.2) is 28.4 Å². The molecule has 0 fully saturated rings. The van der Waals surface area contributed by atoms with Gasteiger partial charge in [-0.15, -0.1) is 22.7 Å². The first-order chi connectivity index (χ1) is 14.5. The number of nitrogens with zero attached hydrogens (tertiary/aromatic N) is 3. The molecular weight excluding hydrogens is 440 g/mol. The van der Waals surface area contributed by atoms with Gasteiger partial charge in [0, 0.05) is 24.5 Å². The Labute approximate surface area is 185 Å². The molecule has 0 aliphatic rings. The summed E-state index contributed by atoms with van der Waals surface area (Å²) >= 11 is 4.15. The van der Waals surface area contributed by atoms with Crippen molar-refractivity contribution < 1.29 is 14.3 Å². The van der Waals surface area contributed by atoms with E-state index < -0.39 is 5.97 Å². The van der Waals surface area contributed by atoms with Gasteiger partial charge >= 0.3 is 5.97 Å². The SMILES string of the molecule is CCN(C(C)=O)c1nc(COC(=O)c2cc3sc(Nc4ccccc4)nc3s2)cs1. The van der Waals surface area contributed by atoms with Crippen molar-refractivity contribution in [2.24, 2.45) is 0 Å². The van der Waals surface area contributed by atoms with E-state index in [0.29, 0.717) is 22.2 Å². The number of hydrogen-bond donors (Lipinski definition) is 1. The number of amides is 1. The Balaban J connectivity index is 1.38. The van der Waals surface area contributed by atoms with E-state index in [4.69, 9.17) is 4.74 Å². The largest absolute Gasteiger partial charge is 0.455 e. The highest BCUT2D eigenvalue weighted by molar-refractivity contribution is 7.29. The van der Waals surface area contributed by atoms with Crippen LogP contribution < -0.4 is 10.2 Å². The van der Waals surface area contributed by atoms with Crippen molar-refractivity contribution in [3.8, 4) is 0 Å². The number of esters is 1. The number of thiazole rings is 2. The number of ether oxygens (including phenoxy) is 1. The fourth-order valence-corrected chi connectivity index (χ4v) is 5.67. The first-order valence-corrected chi connectivity index (χ1v) is 11.7. The average molecular weight is 459 g/mol. The molecule has 0 unspecified atom stereocenters. The van der Waals surface area contributed by atoms with Gasteiger partial charge in [-0.2, -0.15) is 0 Å². The zero-order valence-corrected chi connectivity index (χ0v) is 18.7. The first kappa shape index (κ1) is 20.5. The van der Waals surface area contributed by atoms with Gasteiger partial charge in [0.05, 0.1) is 10.4 Å². The van der Waals surface area contributed by atoms with Gasteiger partial charge in [0.15, 0.2) is 10.3 Å². The van der Waals surface area contributed by atoms with E-state index in [1.165, 1.54) is 40.9 Å². The Bertz CT molecular complexity index is 1150. The number of benzene rings is 1. The molecule has 3 aromatic heterocycles. The van der Waals surface area contributed by atoms with Crippen LogP contribution in [0.25, 0.3) is 9.53 Å². The monoisotopic (exact) mass is 458 g/mol. The van der Waals surface area contributed by atoms with Crippen LogP contribution in [-0.2, 0) is 16.1 Å². The number of aromatic nitrogens is 2. The Kier molecular flexibility index (Phi) is 6.07. The molecule has 10 heteroatoms. The molecule has 0 spiro atoms. The maximum absolute atomic E-state index is 12.4. The Morgan fingerprint density at radius 3 is 2.67 bits per heavy atom. The number of nitrogens with one attached hydrogen (secondary N) is 1. The second kappa shape index (κ2) is 8.90. The molecule has 0 aliphatic carbocycles. The minimum atomic E-state index is -0.406. The number of carbonyl (C=O) groups excluding carboxylic acids is 2. The molecule has 0 aliphatic heterocycles. The maximum atomic E-state index is 12.4. The number of para-hydroxylation sites is 1. The van der Waals surface area contributed by atoms with E-state index in [-0.39, 0.29) is 12.5 Å². The highest BCUT2D eigenvalue weighted by Gasteiger charge is 2.17. The molecule has 0 saturated heterocycles. The summed E-state index contributed by atoms with van der Waals surface area (Å²) in [7, 11) is 0. The highest BCUT2D eigenvalue weighted by atomic mass is 32.1. The van der Waals surface area contributed by atoms with E-state index in [1.54, 1.807) is 16.3 Å². The lowest BCUT2D eigenvalue weighted by atomic mass is 10.3. The van der Waals surface area contributed by atoms with Gasteiger partial charge in [0.25, 0.3) is 0 Å². The standard InChI is InChI=1S/C20H18N4O3S3/c1-3-24(12(2)25)20-22-14(11-28-20)10-27-18(26)16-9-15-17(29-16)23-19(30-15)21-13-7-5-4-6-8-13/h4-9,11H,3,10H2,1-2H3,(H,21,23). The van der Waals surface area contributed by atoms with Crippen LogP contribution in [0.3, 0.4) is 0 Å². The zero-order valence-electron chi connectivity index (χ0n) is 16.2. The molecule has 4 rings (SSSR count). The van der Waals surface area contributed by atoms with Gasteiger partial charge in [0.1, 0.15) is 16.3 Å². The lowest BCUT2D eigenvalue weighted by Crippen LogP contribution is -2.27. The highest BCUT2D eigenvalue weighted by Crippen LogP contribution is 2.34. The third-order valence-electron chi connectivity index (χ3n) is 4.13. The summed E-state index contributed by atoms with van der Waals surface area (Å²) in [6.07, 6.45) is 0. The van der Waals surface area contributed by atoms with Crippen molar-refractivity contribution in [3.05, 3.63) is 52.3 Å². The molecular formula is C20H18N4O3S3. The fraction of sp³-hybridized carbons (Fsp3) is 0.200. The van der Waals surface area contributed by atoms with Gasteiger partial charge in [-0.1, -0.05) is 29.5 Å². The number of fused-ring (bicyclic) bond motifs is 1. The van der Waals surface area contributed by atoms with Crippen molar-refractivity contribution in [2.75, 3.05) is 16.8 Å². The number of anilines is 3. The maximum Gasteiger partial charge on any atom is 0.348 e. The van der Waals surface area contributed by atoms with E-state index in [9.17, 15) is 9.59 Å². The van der Waals surface area contributed by atoms with Crippen molar-refractivity contribution in [1.82, 2.24) is 9.97 Å². The Morgan fingerprint density at radius 2 is 1.97 bits per heavy atom. The number of carbonyl (C=O) groups is 2. The van der Waals surface area contributed by atoms with Gasteiger partial charge in [-0.05, 0) is 25.1 Å². The second-order valence-electron chi connectivity index (χ2n) is 6.25. The van der Waals surface area contributed by atoms with Gasteiger partial charge in [-0.25, -0.2) is 14.8 Å². The third-order valence-corrected chi connectivity index (χ3v) is 7.10. The average Bonchev–Trinajstić information content (AvgIpc) is 3.42. The van der Waals surface area contributed by atoms with Crippen molar-refractivity contribution in [1.29, 1.82) is 0 Å². The van der Waals surface area contributed by atoms with Crippen LogP contribution in [0.15, 0.2) is 41.8 Å². The Morgan fingerprint density at radius 1 is 1.17 bits per heavy atom. The first-order valence-electron chi connectivity index (χ1n) is 9.15. The van der Waals surface area contributed by atoms with Gasteiger partial charge in [-0.3, -0.25) is 9.69 Å². The van der Waals surface area contributed by atoms with Gasteiger partial charge < -0.3 is 10.1 Å². The molecule has 4 aromatic rings. The summed E-state index contributed by atoms with van der Waals surface area (Å²) in [4.78, 5) is 35.9. The predicted molar refractivity (Wildman–Crippen MR) is 122 cm³/mol. The minimum absolute atomic E-state index is 0.0601. The van der Waals surface area contributed by atoms with Crippen LogP contribution in [0.4, 0.5) is 16.0 Å². The summed E-state index contributed by atoms with van der Waals surface area (Å²) in [5.74, 6) is -0.473. The van der Waals surface area contributed by atoms with E-state index in [1.807, 2.05) is 37.3 Å². The quantitative estimate of drug-likeness (QED) is 0.379. The topological polar surface area (TPSA) is 84.4 Å². The van der Waals surface area contributed by atoms with Crippen LogP contribution in [0, 0.1) is 0 Å². The molecule has 7 nitrogen and oxygen atoms in total. The summed E-state index contributed by atoms with van der Waals surface area (Å²) in [5.41, 5.74) is 1.58. The summed E-state index contributed by atoms with van der Waals surface area (Å²) in [6, 6.07) is 11.6. The summed E-state index contributed by atoms with van der Waals surface area (Å²) in [5, 5.41) is 6.45. The molecule has 1 amide bonds. The molecule has 0 atom stereocenters. The lowest BCUT2D eigenvalue weighted by Gasteiger charge is -2.14. The second-order valence-corrected chi connectivity index (χ2v) is 9.15. The van der Waals surface area contributed by atoms with E-state index in [0.717, 1.165) is 20.3 Å². The van der Waals surface area contributed by atoms with Crippen LogP contribution >= 0.6 is 34.0 Å². The summed E-state index contributed by atoms with van der Waals surface area (Å²) in [6.45, 7) is 3.99. The van der Waals surface area contributed by atoms with Crippen LogP contribution in [0.5, 0.6) is 0 Å². The fourth-order valence-electron chi connectivity index (χ4n) is 2.72. The van der Waals surface area contributed by atoms with E-state index in [2.05, 4.69) is 15.3 Å².